The molecule has 6 heteroatoms. The number of anilines is 2. The van der Waals surface area contributed by atoms with Crippen LogP contribution >= 0.6 is 0 Å². The number of rotatable bonds is 6. The molecule has 2 aromatic carbocycles. The summed E-state index contributed by atoms with van der Waals surface area (Å²) in [6.45, 7) is 6.79. The van der Waals surface area contributed by atoms with Gasteiger partial charge in [0.2, 0.25) is 0 Å². The molecule has 0 bridgehead atoms. The number of carbonyl (C=O) groups excluding carboxylic acids is 1. The third-order valence-corrected chi connectivity index (χ3v) is 5.63. The lowest BCUT2D eigenvalue weighted by atomic mass is 10.1. The number of amides is 1. The van der Waals surface area contributed by atoms with E-state index in [1.165, 1.54) is 11.1 Å². The molecule has 32 heavy (non-hydrogen) atoms. The summed E-state index contributed by atoms with van der Waals surface area (Å²) in [4.78, 5) is 18.5. The first-order valence-corrected chi connectivity index (χ1v) is 11.2. The van der Waals surface area contributed by atoms with E-state index >= 15 is 0 Å². The van der Waals surface area contributed by atoms with Gasteiger partial charge in [0.25, 0.3) is 0 Å². The van der Waals surface area contributed by atoms with E-state index in [9.17, 15) is 4.79 Å². The van der Waals surface area contributed by atoms with E-state index in [-0.39, 0.29) is 6.09 Å². The summed E-state index contributed by atoms with van der Waals surface area (Å²) in [7, 11) is 1.75. The number of fused-ring (bicyclic) bond motifs is 2. The van der Waals surface area contributed by atoms with Crippen molar-refractivity contribution < 1.29 is 9.53 Å². The minimum absolute atomic E-state index is 0.313. The Morgan fingerprint density at radius 1 is 1.16 bits per heavy atom. The fourth-order valence-electron chi connectivity index (χ4n) is 4.00. The lowest BCUT2D eigenvalue weighted by Crippen LogP contribution is -2.36. The molecule has 1 atom stereocenters. The number of hydrogen-bond acceptors (Lipinski definition) is 5. The van der Waals surface area contributed by atoms with E-state index < -0.39 is 5.60 Å². The Hall–Kier alpha value is -3.28. The molecule has 1 aliphatic carbocycles. The lowest BCUT2D eigenvalue weighted by molar-refractivity contribution is 0.0305. The van der Waals surface area contributed by atoms with E-state index in [0.29, 0.717) is 19.1 Å². The van der Waals surface area contributed by atoms with Crippen molar-refractivity contribution in [3.63, 3.8) is 0 Å². The second-order valence-corrected chi connectivity index (χ2v) is 9.37. The molecule has 0 radical (unpaired) electrons. The Labute approximate surface area is 190 Å². The second kappa shape index (κ2) is 9.07. The molecule has 0 fully saturated rings. The number of aryl methyl sites for hydroxylation is 1. The highest BCUT2D eigenvalue weighted by Gasteiger charge is 2.22. The van der Waals surface area contributed by atoms with Crippen LogP contribution in [0.5, 0.6) is 0 Å². The molecule has 2 N–H and O–H groups in total. The van der Waals surface area contributed by atoms with Gasteiger partial charge in [-0.25, -0.2) is 9.78 Å². The van der Waals surface area contributed by atoms with Crippen molar-refractivity contribution in [1.82, 2.24) is 9.88 Å². The number of likely N-dealkylation sites (N-methyl/N-ethyl adjacent to an activating group) is 1. The van der Waals surface area contributed by atoms with Crippen LogP contribution in [0.25, 0.3) is 10.9 Å². The predicted octanol–water partition coefficient (Wildman–Crippen LogP) is 5.61. The standard InChI is InChI=1S/C26H32N4O2/c1-26(2,3)32-25(31)30(4)16-15-27-20-11-13-22-19(17-20)10-14-24(28-22)29-23-12-9-18-7-5-6-8-21(18)23/h5-8,10-11,13-14,17,23,27H,9,12,15-16H2,1-4H3,(H,28,29)/t23-/m1/s1. The van der Waals surface area contributed by atoms with E-state index in [0.717, 1.165) is 35.2 Å². The van der Waals surface area contributed by atoms with Crippen molar-refractivity contribution in [2.45, 2.75) is 45.3 Å². The Balaban J connectivity index is 1.35. The molecule has 0 spiro atoms. The van der Waals surface area contributed by atoms with Crippen molar-refractivity contribution in [2.75, 3.05) is 30.8 Å². The zero-order valence-corrected chi connectivity index (χ0v) is 19.3. The van der Waals surface area contributed by atoms with E-state index in [4.69, 9.17) is 9.72 Å². The van der Waals surface area contributed by atoms with E-state index in [2.05, 4.69) is 47.0 Å². The van der Waals surface area contributed by atoms with Crippen molar-refractivity contribution in [2.24, 2.45) is 0 Å². The van der Waals surface area contributed by atoms with Gasteiger partial charge in [-0.1, -0.05) is 24.3 Å². The molecule has 168 valence electrons. The van der Waals surface area contributed by atoms with Crippen LogP contribution in [0, 0.1) is 0 Å². The first kappa shape index (κ1) is 21.9. The summed E-state index contributed by atoms with van der Waals surface area (Å²) in [5.74, 6) is 0.902. The molecular formula is C26H32N4O2. The van der Waals surface area contributed by atoms with Crippen molar-refractivity contribution >= 4 is 28.5 Å². The van der Waals surface area contributed by atoms with Gasteiger partial charge in [0.15, 0.2) is 0 Å². The van der Waals surface area contributed by atoms with Gasteiger partial charge in [0.05, 0.1) is 11.6 Å². The fourth-order valence-corrected chi connectivity index (χ4v) is 4.00. The summed E-state index contributed by atoms with van der Waals surface area (Å²) >= 11 is 0. The minimum atomic E-state index is -0.487. The summed E-state index contributed by atoms with van der Waals surface area (Å²) in [5, 5.41) is 8.05. The van der Waals surface area contributed by atoms with Gasteiger partial charge in [0.1, 0.15) is 11.4 Å². The van der Waals surface area contributed by atoms with Gasteiger partial charge in [-0.3, -0.25) is 0 Å². The van der Waals surface area contributed by atoms with Crippen LogP contribution in [-0.4, -0.2) is 41.7 Å². The molecule has 4 rings (SSSR count). The second-order valence-electron chi connectivity index (χ2n) is 9.37. The maximum absolute atomic E-state index is 12.1. The Morgan fingerprint density at radius 2 is 1.97 bits per heavy atom. The van der Waals surface area contributed by atoms with Gasteiger partial charge in [-0.15, -0.1) is 0 Å². The summed E-state index contributed by atoms with van der Waals surface area (Å²) in [5.41, 5.74) is 4.28. The molecule has 0 aliphatic heterocycles. The molecule has 1 aromatic heterocycles. The molecule has 1 aliphatic rings. The third-order valence-electron chi connectivity index (χ3n) is 5.63. The largest absolute Gasteiger partial charge is 0.444 e. The number of nitrogens with zero attached hydrogens (tertiary/aromatic N) is 2. The normalized spacial score (nSPS) is 15.3. The predicted molar refractivity (Wildman–Crippen MR) is 130 cm³/mol. The fraction of sp³-hybridized carbons (Fsp3) is 0.385. The Bertz CT molecular complexity index is 1110. The number of nitrogens with one attached hydrogen (secondary N) is 2. The summed E-state index contributed by atoms with van der Waals surface area (Å²) in [6, 6.07) is 19.2. The van der Waals surface area contributed by atoms with Gasteiger partial charge >= 0.3 is 6.09 Å². The molecule has 0 saturated carbocycles. The van der Waals surface area contributed by atoms with Crippen molar-refractivity contribution in [3.8, 4) is 0 Å². The van der Waals surface area contributed by atoms with Crippen LogP contribution in [0.4, 0.5) is 16.3 Å². The first-order chi connectivity index (χ1) is 15.3. The number of aromatic nitrogens is 1. The van der Waals surface area contributed by atoms with Crippen LogP contribution in [-0.2, 0) is 11.2 Å². The van der Waals surface area contributed by atoms with Crippen LogP contribution in [0.1, 0.15) is 44.4 Å². The van der Waals surface area contributed by atoms with Gasteiger partial charge in [-0.2, -0.15) is 0 Å². The lowest BCUT2D eigenvalue weighted by Gasteiger charge is -2.24. The van der Waals surface area contributed by atoms with E-state index in [1.54, 1.807) is 11.9 Å². The average molecular weight is 433 g/mol. The monoisotopic (exact) mass is 432 g/mol. The molecule has 0 unspecified atom stereocenters. The molecule has 3 aromatic rings. The third kappa shape index (κ3) is 5.31. The molecule has 1 heterocycles. The van der Waals surface area contributed by atoms with Crippen LogP contribution < -0.4 is 10.6 Å². The minimum Gasteiger partial charge on any atom is -0.444 e. The zero-order valence-electron chi connectivity index (χ0n) is 19.3. The van der Waals surface area contributed by atoms with E-state index in [1.807, 2.05) is 39.0 Å². The quantitative estimate of drug-likeness (QED) is 0.530. The average Bonchev–Trinajstić information content (AvgIpc) is 3.15. The highest BCUT2D eigenvalue weighted by atomic mass is 16.6. The number of benzene rings is 2. The van der Waals surface area contributed by atoms with Crippen molar-refractivity contribution in [3.05, 3.63) is 65.7 Å². The van der Waals surface area contributed by atoms with Gasteiger partial charge < -0.3 is 20.3 Å². The highest BCUT2D eigenvalue weighted by molar-refractivity contribution is 5.83. The van der Waals surface area contributed by atoms with Crippen LogP contribution in [0.15, 0.2) is 54.6 Å². The van der Waals surface area contributed by atoms with Crippen LogP contribution in [0.2, 0.25) is 0 Å². The van der Waals surface area contributed by atoms with Gasteiger partial charge in [-0.05, 0) is 75.1 Å². The van der Waals surface area contributed by atoms with Crippen LogP contribution in [0.3, 0.4) is 0 Å². The Kier molecular flexibility index (Phi) is 6.21. The number of hydrogen-bond donors (Lipinski definition) is 2. The maximum Gasteiger partial charge on any atom is 0.410 e. The maximum atomic E-state index is 12.1. The molecule has 6 nitrogen and oxygen atoms in total. The summed E-state index contributed by atoms with van der Waals surface area (Å²) < 4.78 is 5.38. The molecule has 0 saturated heterocycles. The first-order valence-electron chi connectivity index (χ1n) is 11.2. The highest BCUT2D eigenvalue weighted by Crippen LogP contribution is 2.33. The Morgan fingerprint density at radius 3 is 2.78 bits per heavy atom. The number of carbonyl (C=O) groups is 1. The zero-order chi connectivity index (χ0) is 22.7. The number of pyridine rings is 1. The van der Waals surface area contributed by atoms with Gasteiger partial charge in [0, 0.05) is 31.2 Å². The number of ether oxygens (including phenoxy) is 1. The summed E-state index contributed by atoms with van der Waals surface area (Å²) in [6.07, 6.45) is 1.89. The smallest absolute Gasteiger partial charge is 0.410 e. The molecule has 1 amide bonds. The topological polar surface area (TPSA) is 66.5 Å². The van der Waals surface area contributed by atoms with Crippen molar-refractivity contribution in [1.29, 1.82) is 0 Å². The molecular weight excluding hydrogens is 400 g/mol. The SMILES string of the molecule is CN(CCNc1ccc2nc(N[C@@H]3CCc4ccccc43)ccc2c1)C(=O)OC(C)(C)C.